The first kappa shape index (κ1) is 14.2. The van der Waals surface area contributed by atoms with Crippen LogP contribution in [0.4, 0.5) is 0 Å². The van der Waals surface area contributed by atoms with E-state index >= 15 is 0 Å². The number of carbonyl (C=O) groups is 1. The van der Waals surface area contributed by atoms with Crippen LogP contribution in [0.15, 0.2) is 0 Å². The van der Waals surface area contributed by atoms with Gasteiger partial charge in [-0.2, -0.15) is 11.8 Å². The first-order chi connectivity index (χ1) is 8.75. The molecule has 0 aromatic heterocycles. The fourth-order valence-corrected chi connectivity index (χ4v) is 3.49. The van der Waals surface area contributed by atoms with Crippen LogP contribution in [0.3, 0.4) is 0 Å². The maximum Gasteiger partial charge on any atom is 0.223 e. The number of rotatable bonds is 5. The fraction of sp³-hybridized carbons (Fsp3) is 0.923. The topological polar surface area (TPSA) is 35.6 Å². The Bertz CT molecular complexity index is 263. The summed E-state index contributed by atoms with van der Waals surface area (Å²) in [5.41, 5.74) is 0. The summed E-state index contributed by atoms with van der Waals surface area (Å²) in [6.45, 7) is 5.37. The first-order valence-corrected chi connectivity index (χ1v) is 8.18. The molecule has 0 bridgehead atoms. The molecule has 4 nitrogen and oxygen atoms in total. The second-order valence-corrected chi connectivity index (χ2v) is 6.44. The van der Waals surface area contributed by atoms with Gasteiger partial charge in [0, 0.05) is 50.7 Å². The highest BCUT2D eigenvalue weighted by Gasteiger charge is 2.19. The number of likely N-dealkylation sites (N-methyl/N-ethyl adjacent to an activating group) is 1. The smallest absolute Gasteiger partial charge is 0.223 e. The Kier molecular flexibility index (Phi) is 5.79. The number of hydrogen-bond donors (Lipinski definition) is 1. The zero-order chi connectivity index (χ0) is 12.8. The third-order valence-corrected chi connectivity index (χ3v) is 4.93. The zero-order valence-corrected chi connectivity index (χ0v) is 12.2. The van der Waals surface area contributed by atoms with Crippen molar-refractivity contribution in [2.75, 3.05) is 51.3 Å². The second kappa shape index (κ2) is 7.36. The van der Waals surface area contributed by atoms with Crippen molar-refractivity contribution >= 4 is 17.7 Å². The van der Waals surface area contributed by atoms with Crippen molar-refractivity contribution in [1.82, 2.24) is 15.1 Å². The normalized spacial score (nSPS) is 25.3. The Hall–Kier alpha value is -0.260. The molecule has 104 valence electrons. The van der Waals surface area contributed by atoms with Gasteiger partial charge in [0.25, 0.3) is 0 Å². The van der Waals surface area contributed by atoms with Gasteiger partial charge < -0.3 is 15.1 Å². The molecule has 1 atom stereocenters. The molecule has 0 aromatic rings. The summed E-state index contributed by atoms with van der Waals surface area (Å²) >= 11 is 1.95. The Morgan fingerprint density at radius 2 is 2.22 bits per heavy atom. The molecule has 0 radical (unpaired) electrons. The van der Waals surface area contributed by atoms with Gasteiger partial charge in [-0.15, -0.1) is 0 Å². The van der Waals surface area contributed by atoms with Gasteiger partial charge in [-0.1, -0.05) is 0 Å². The van der Waals surface area contributed by atoms with Gasteiger partial charge in [-0.25, -0.2) is 0 Å². The lowest BCUT2D eigenvalue weighted by molar-refractivity contribution is -0.130. The lowest BCUT2D eigenvalue weighted by Gasteiger charge is -2.26. The summed E-state index contributed by atoms with van der Waals surface area (Å²) < 4.78 is 0. The van der Waals surface area contributed by atoms with E-state index in [0.29, 0.717) is 12.5 Å². The van der Waals surface area contributed by atoms with E-state index in [0.717, 1.165) is 25.4 Å². The summed E-state index contributed by atoms with van der Waals surface area (Å²) in [5, 5.41) is 3.42. The maximum atomic E-state index is 12.1. The van der Waals surface area contributed by atoms with Crippen molar-refractivity contribution in [2.45, 2.75) is 25.3 Å². The average molecular weight is 271 g/mol. The van der Waals surface area contributed by atoms with E-state index < -0.39 is 0 Å². The van der Waals surface area contributed by atoms with Crippen molar-refractivity contribution in [3.05, 3.63) is 0 Å². The van der Waals surface area contributed by atoms with Crippen LogP contribution in [0.5, 0.6) is 0 Å². The van der Waals surface area contributed by atoms with Crippen LogP contribution in [0.2, 0.25) is 0 Å². The van der Waals surface area contributed by atoms with Crippen LogP contribution in [0.25, 0.3) is 0 Å². The number of likely N-dealkylation sites (tertiary alicyclic amines) is 1. The molecule has 1 unspecified atom stereocenters. The van der Waals surface area contributed by atoms with Crippen molar-refractivity contribution in [1.29, 1.82) is 0 Å². The number of carbonyl (C=O) groups excluding carboxylic acids is 1. The molecule has 18 heavy (non-hydrogen) atoms. The molecule has 5 heteroatoms. The second-order valence-electron chi connectivity index (χ2n) is 5.29. The fourth-order valence-electron chi connectivity index (χ4n) is 2.54. The van der Waals surface area contributed by atoms with E-state index in [-0.39, 0.29) is 5.91 Å². The van der Waals surface area contributed by atoms with Gasteiger partial charge >= 0.3 is 0 Å². The number of nitrogens with zero attached hydrogens (tertiary/aromatic N) is 2. The van der Waals surface area contributed by atoms with Gasteiger partial charge in [-0.3, -0.25) is 4.79 Å². The van der Waals surface area contributed by atoms with E-state index in [4.69, 9.17) is 0 Å². The number of amides is 1. The lowest BCUT2D eigenvalue weighted by Crippen LogP contribution is -2.43. The highest BCUT2D eigenvalue weighted by molar-refractivity contribution is 7.99. The summed E-state index contributed by atoms with van der Waals surface area (Å²) in [5.74, 6) is 2.54. The standard InChI is InChI=1S/C13H25N3OS/c1-15(7-8-16-5-2-3-6-16)13(17)10-12-11-18-9-4-14-12/h12,14H,2-11H2,1H3. The van der Waals surface area contributed by atoms with Gasteiger partial charge in [0.2, 0.25) is 5.91 Å². The molecule has 1 N–H and O–H groups in total. The highest BCUT2D eigenvalue weighted by atomic mass is 32.2. The minimum Gasteiger partial charge on any atom is -0.344 e. The average Bonchev–Trinajstić information content (AvgIpc) is 2.90. The molecule has 2 aliphatic heterocycles. The molecule has 0 aliphatic carbocycles. The van der Waals surface area contributed by atoms with E-state index in [9.17, 15) is 4.79 Å². The van der Waals surface area contributed by atoms with Gasteiger partial charge in [0.1, 0.15) is 0 Å². The third kappa shape index (κ3) is 4.44. The molecule has 0 spiro atoms. The van der Waals surface area contributed by atoms with Crippen LogP contribution in [0, 0.1) is 0 Å². The monoisotopic (exact) mass is 271 g/mol. The molecule has 1 amide bonds. The Morgan fingerprint density at radius 1 is 1.44 bits per heavy atom. The molecule has 0 aromatic carbocycles. The number of nitrogens with one attached hydrogen (secondary N) is 1. The largest absolute Gasteiger partial charge is 0.344 e. The van der Waals surface area contributed by atoms with E-state index in [2.05, 4.69) is 10.2 Å². The molecule has 2 rings (SSSR count). The molecular weight excluding hydrogens is 246 g/mol. The predicted octanol–water partition coefficient (Wildman–Crippen LogP) is 0.636. The predicted molar refractivity (Wildman–Crippen MR) is 77.0 cm³/mol. The SMILES string of the molecule is CN(CCN1CCCC1)C(=O)CC1CSCCN1. The summed E-state index contributed by atoms with van der Waals surface area (Å²) in [6, 6.07) is 0.380. The van der Waals surface area contributed by atoms with Crippen LogP contribution < -0.4 is 5.32 Å². The summed E-state index contributed by atoms with van der Waals surface area (Å²) in [6.07, 6.45) is 3.30. The Labute approximate surface area is 114 Å². The Balaban J connectivity index is 1.63. The molecule has 2 fully saturated rings. The molecule has 2 aliphatic rings. The molecule has 2 saturated heterocycles. The third-order valence-electron chi connectivity index (χ3n) is 3.80. The first-order valence-electron chi connectivity index (χ1n) is 7.03. The van der Waals surface area contributed by atoms with Crippen molar-refractivity contribution in [3.63, 3.8) is 0 Å². The van der Waals surface area contributed by atoms with E-state index in [1.807, 2.05) is 23.7 Å². The lowest BCUT2D eigenvalue weighted by atomic mass is 10.2. The van der Waals surface area contributed by atoms with Crippen LogP contribution >= 0.6 is 11.8 Å². The van der Waals surface area contributed by atoms with Gasteiger partial charge in [0.15, 0.2) is 0 Å². The van der Waals surface area contributed by atoms with Crippen molar-refractivity contribution < 1.29 is 4.79 Å². The summed E-state index contributed by atoms with van der Waals surface area (Å²) in [7, 11) is 1.94. The highest BCUT2D eigenvalue weighted by Crippen LogP contribution is 2.11. The van der Waals surface area contributed by atoms with Gasteiger partial charge in [-0.05, 0) is 25.9 Å². The maximum absolute atomic E-state index is 12.1. The van der Waals surface area contributed by atoms with E-state index in [1.165, 1.54) is 31.7 Å². The minimum absolute atomic E-state index is 0.286. The quantitative estimate of drug-likeness (QED) is 0.796. The van der Waals surface area contributed by atoms with Crippen molar-refractivity contribution in [2.24, 2.45) is 0 Å². The number of hydrogen-bond acceptors (Lipinski definition) is 4. The molecule has 2 heterocycles. The number of thioether (sulfide) groups is 1. The zero-order valence-electron chi connectivity index (χ0n) is 11.4. The Morgan fingerprint density at radius 3 is 2.89 bits per heavy atom. The molecule has 0 saturated carbocycles. The van der Waals surface area contributed by atoms with E-state index in [1.54, 1.807) is 0 Å². The van der Waals surface area contributed by atoms with Crippen LogP contribution in [0.1, 0.15) is 19.3 Å². The van der Waals surface area contributed by atoms with Crippen molar-refractivity contribution in [3.8, 4) is 0 Å². The molecular formula is C13H25N3OS. The van der Waals surface area contributed by atoms with Gasteiger partial charge in [0.05, 0.1) is 0 Å². The summed E-state index contributed by atoms with van der Waals surface area (Å²) in [4.78, 5) is 16.4. The van der Waals surface area contributed by atoms with Crippen LogP contribution in [-0.4, -0.2) is 73.0 Å². The van der Waals surface area contributed by atoms with Crippen LogP contribution in [-0.2, 0) is 4.79 Å². The minimum atomic E-state index is 0.286.